The molecule has 0 saturated carbocycles. The van der Waals surface area contributed by atoms with Gasteiger partial charge >= 0.3 is 0 Å². The summed E-state index contributed by atoms with van der Waals surface area (Å²) in [4.78, 5) is 9.00. The minimum Gasteiger partial charge on any atom is -0.481 e. The Balaban J connectivity index is 0.000000423. The highest BCUT2D eigenvalue weighted by Gasteiger charge is 2.15. The number of hydrogen-bond donors (Lipinski definition) is 1. The zero-order valence-corrected chi connectivity index (χ0v) is 11.7. The van der Waals surface area contributed by atoms with Crippen LogP contribution in [0.1, 0.15) is 33.3 Å². The molecule has 1 rings (SSSR count). The van der Waals surface area contributed by atoms with E-state index in [1.54, 1.807) is 0 Å². The van der Waals surface area contributed by atoms with Gasteiger partial charge in [0.15, 0.2) is 0 Å². The summed E-state index contributed by atoms with van der Waals surface area (Å²) in [6, 6.07) is 8.53. The lowest BCUT2D eigenvalue weighted by molar-refractivity contribution is -0.134. The maximum absolute atomic E-state index is 9.00. The molecule has 2 nitrogen and oxygen atoms in total. The molecule has 0 spiro atoms. The SMILES string of the molecule is CC(=O)O.CC(C)(C)c1ccccc1I. The topological polar surface area (TPSA) is 37.3 Å². The van der Waals surface area contributed by atoms with E-state index >= 15 is 0 Å². The average molecular weight is 320 g/mol. The van der Waals surface area contributed by atoms with Gasteiger partial charge in [-0.2, -0.15) is 0 Å². The van der Waals surface area contributed by atoms with Crippen molar-refractivity contribution in [3.8, 4) is 0 Å². The summed E-state index contributed by atoms with van der Waals surface area (Å²) in [7, 11) is 0. The summed E-state index contributed by atoms with van der Waals surface area (Å²) in [5, 5.41) is 7.42. The molecule has 3 heteroatoms. The summed E-state index contributed by atoms with van der Waals surface area (Å²) in [5.74, 6) is -0.833. The van der Waals surface area contributed by atoms with Gasteiger partial charge in [-0.05, 0) is 39.6 Å². The molecule has 0 heterocycles. The van der Waals surface area contributed by atoms with Gasteiger partial charge in [0.25, 0.3) is 5.97 Å². The van der Waals surface area contributed by atoms with E-state index in [0.29, 0.717) is 0 Å². The number of carboxylic acids is 1. The zero-order valence-electron chi connectivity index (χ0n) is 9.54. The first-order valence-corrected chi connectivity index (χ1v) is 5.77. The molecule has 0 aliphatic rings. The summed E-state index contributed by atoms with van der Waals surface area (Å²) in [5.41, 5.74) is 1.71. The lowest BCUT2D eigenvalue weighted by Gasteiger charge is -2.20. The summed E-state index contributed by atoms with van der Waals surface area (Å²) >= 11 is 2.39. The summed E-state index contributed by atoms with van der Waals surface area (Å²) in [6.07, 6.45) is 0. The second kappa shape index (κ2) is 6.10. The lowest BCUT2D eigenvalue weighted by atomic mass is 9.87. The van der Waals surface area contributed by atoms with Crippen LogP contribution in [0.15, 0.2) is 24.3 Å². The van der Waals surface area contributed by atoms with Gasteiger partial charge < -0.3 is 5.11 Å². The van der Waals surface area contributed by atoms with Crippen molar-refractivity contribution in [3.05, 3.63) is 33.4 Å². The summed E-state index contributed by atoms with van der Waals surface area (Å²) < 4.78 is 1.36. The molecule has 15 heavy (non-hydrogen) atoms. The highest BCUT2D eigenvalue weighted by molar-refractivity contribution is 14.1. The fraction of sp³-hybridized carbons (Fsp3) is 0.417. The van der Waals surface area contributed by atoms with E-state index in [4.69, 9.17) is 9.90 Å². The zero-order chi connectivity index (χ0) is 12.1. The normalized spacial score (nSPS) is 10.2. The molecular formula is C12H17IO2. The Bertz CT molecular complexity index is 323. The third kappa shape index (κ3) is 6.49. The summed E-state index contributed by atoms with van der Waals surface area (Å²) in [6.45, 7) is 7.81. The third-order valence-corrected chi connectivity index (χ3v) is 2.62. The highest BCUT2D eigenvalue weighted by atomic mass is 127. The predicted molar refractivity (Wildman–Crippen MR) is 71.2 cm³/mol. The van der Waals surface area contributed by atoms with E-state index in [0.717, 1.165) is 6.92 Å². The van der Waals surface area contributed by atoms with Crippen molar-refractivity contribution in [2.24, 2.45) is 0 Å². The number of benzene rings is 1. The van der Waals surface area contributed by atoms with Crippen molar-refractivity contribution in [1.82, 2.24) is 0 Å². The van der Waals surface area contributed by atoms with Gasteiger partial charge in [0, 0.05) is 10.5 Å². The molecule has 0 aliphatic carbocycles. The Morgan fingerprint density at radius 2 is 1.67 bits per heavy atom. The van der Waals surface area contributed by atoms with E-state index in [9.17, 15) is 0 Å². The Hall–Kier alpha value is -0.580. The molecule has 0 unspecified atom stereocenters. The van der Waals surface area contributed by atoms with Gasteiger partial charge in [0.2, 0.25) is 0 Å². The molecule has 1 aromatic rings. The van der Waals surface area contributed by atoms with Crippen molar-refractivity contribution in [3.63, 3.8) is 0 Å². The van der Waals surface area contributed by atoms with Crippen LogP contribution in [0.5, 0.6) is 0 Å². The van der Waals surface area contributed by atoms with Crippen molar-refractivity contribution in [1.29, 1.82) is 0 Å². The van der Waals surface area contributed by atoms with Crippen molar-refractivity contribution >= 4 is 28.6 Å². The predicted octanol–water partition coefficient (Wildman–Crippen LogP) is 3.68. The molecule has 0 saturated heterocycles. The Morgan fingerprint density at radius 3 is 1.93 bits per heavy atom. The molecule has 0 aliphatic heterocycles. The minimum atomic E-state index is -0.833. The molecule has 0 bridgehead atoms. The molecule has 0 amide bonds. The number of hydrogen-bond acceptors (Lipinski definition) is 1. The van der Waals surface area contributed by atoms with E-state index in [2.05, 4.69) is 67.6 Å². The maximum atomic E-state index is 9.00. The van der Waals surface area contributed by atoms with Gasteiger partial charge in [0.1, 0.15) is 0 Å². The van der Waals surface area contributed by atoms with Crippen LogP contribution in [0.25, 0.3) is 0 Å². The van der Waals surface area contributed by atoms with Crippen LogP contribution in [0.2, 0.25) is 0 Å². The van der Waals surface area contributed by atoms with Crippen LogP contribution < -0.4 is 0 Å². The number of halogens is 1. The minimum absolute atomic E-state index is 0.276. The van der Waals surface area contributed by atoms with Crippen molar-refractivity contribution in [2.45, 2.75) is 33.1 Å². The maximum Gasteiger partial charge on any atom is 0.300 e. The van der Waals surface area contributed by atoms with E-state index in [1.165, 1.54) is 9.13 Å². The first-order chi connectivity index (χ1) is 6.75. The lowest BCUT2D eigenvalue weighted by Crippen LogP contribution is -2.12. The third-order valence-electron chi connectivity index (χ3n) is 1.68. The highest BCUT2D eigenvalue weighted by Crippen LogP contribution is 2.26. The second-order valence-electron chi connectivity index (χ2n) is 4.25. The van der Waals surface area contributed by atoms with Crippen molar-refractivity contribution in [2.75, 3.05) is 0 Å². The molecule has 1 aromatic carbocycles. The van der Waals surface area contributed by atoms with Crippen molar-refractivity contribution < 1.29 is 9.90 Å². The van der Waals surface area contributed by atoms with E-state index in [-0.39, 0.29) is 5.41 Å². The fourth-order valence-electron chi connectivity index (χ4n) is 1.07. The number of aliphatic carboxylic acids is 1. The molecular weight excluding hydrogens is 303 g/mol. The van der Waals surface area contributed by atoms with Crippen LogP contribution in [-0.4, -0.2) is 11.1 Å². The standard InChI is InChI=1S/C10H13I.C2H4O2/c1-10(2,3)8-6-4-5-7-9(8)11;1-2(3)4/h4-7H,1-3H3;1H3,(H,3,4). The van der Waals surface area contributed by atoms with Gasteiger partial charge in [-0.25, -0.2) is 0 Å². The first-order valence-electron chi connectivity index (χ1n) is 4.69. The number of carbonyl (C=O) groups is 1. The first kappa shape index (κ1) is 14.4. The van der Waals surface area contributed by atoms with Crippen LogP contribution in [0, 0.1) is 3.57 Å². The number of rotatable bonds is 0. The second-order valence-corrected chi connectivity index (χ2v) is 5.41. The Kier molecular flexibility index (Phi) is 5.87. The molecule has 0 aromatic heterocycles. The van der Waals surface area contributed by atoms with Gasteiger partial charge in [-0.15, -0.1) is 0 Å². The average Bonchev–Trinajstić information content (AvgIpc) is 2.01. The molecule has 0 radical (unpaired) electrons. The fourth-order valence-corrected chi connectivity index (χ4v) is 2.27. The van der Waals surface area contributed by atoms with E-state index in [1.807, 2.05) is 0 Å². The molecule has 1 N–H and O–H groups in total. The van der Waals surface area contributed by atoms with E-state index < -0.39 is 5.97 Å². The van der Waals surface area contributed by atoms with Gasteiger partial charge in [-0.3, -0.25) is 4.79 Å². The van der Waals surface area contributed by atoms with Gasteiger partial charge in [-0.1, -0.05) is 39.0 Å². The Morgan fingerprint density at radius 1 is 1.27 bits per heavy atom. The number of carboxylic acid groups (broad SMARTS) is 1. The smallest absolute Gasteiger partial charge is 0.300 e. The van der Waals surface area contributed by atoms with Crippen LogP contribution >= 0.6 is 22.6 Å². The molecule has 0 fully saturated rings. The van der Waals surface area contributed by atoms with Crippen LogP contribution in [-0.2, 0) is 10.2 Å². The largest absolute Gasteiger partial charge is 0.481 e. The van der Waals surface area contributed by atoms with Crippen LogP contribution in [0.3, 0.4) is 0 Å². The molecule has 84 valence electrons. The van der Waals surface area contributed by atoms with Gasteiger partial charge in [0.05, 0.1) is 0 Å². The van der Waals surface area contributed by atoms with Crippen LogP contribution in [0.4, 0.5) is 0 Å². The Labute approximate surface area is 105 Å². The quantitative estimate of drug-likeness (QED) is 0.741. The molecule has 0 atom stereocenters. The monoisotopic (exact) mass is 320 g/mol.